The molecule has 122 valence electrons. The van der Waals surface area contributed by atoms with Crippen LogP contribution in [0.1, 0.15) is 21.7 Å². The number of anilines is 1. The van der Waals surface area contributed by atoms with Crippen molar-refractivity contribution in [3.8, 4) is 0 Å². The number of nitrogens with one attached hydrogen (secondary N) is 2. The summed E-state index contributed by atoms with van der Waals surface area (Å²) in [6.45, 7) is 0. The second-order valence-corrected chi connectivity index (χ2v) is 5.57. The molecule has 0 bridgehead atoms. The lowest BCUT2D eigenvalue weighted by Gasteiger charge is -2.07. The van der Waals surface area contributed by atoms with Gasteiger partial charge in [0.15, 0.2) is 5.82 Å². The van der Waals surface area contributed by atoms with Crippen molar-refractivity contribution < 1.29 is 9.18 Å². The van der Waals surface area contributed by atoms with Crippen LogP contribution in [0.2, 0.25) is 5.02 Å². The Labute approximate surface area is 142 Å². The Hall–Kier alpha value is -2.80. The average Bonchev–Trinajstić information content (AvgIpc) is 3.07. The number of hydrogen-bond donors (Lipinski definition) is 2. The first-order valence-electron chi connectivity index (χ1n) is 7.19. The summed E-state index contributed by atoms with van der Waals surface area (Å²) in [5, 5.41) is 16.6. The highest BCUT2D eigenvalue weighted by Crippen LogP contribution is 2.17. The number of amides is 1. The normalized spacial score (nSPS) is 10.6. The topological polar surface area (TPSA) is 83.6 Å². The summed E-state index contributed by atoms with van der Waals surface area (Å²) >= 11 is 5.76. The minimum absolute atomic E-state index is 0.168. The third-order valence-electron chi connectivity index (χ3n) is 3.36. The maximum Gasteiger partial charge on any atom is 0.255 e. The fraction of sp³-hybridized carbons (Fsp3) is 0.125. The number of aromatic amines is 1. The lowest BCUT2D eigenvalue weighted by Crippen LogP contribution is -2.12. The fourth-order valence-corrected chi connectivity index (χ4v) is 2.41. The number of carbonyl (C=O) groups is 1. The van der Waals surface area contributed by atoms with Crippen LogP contribution in [0.25, 0.3) is 0 Å². The average molecular weight is 346 g/mol. The van der Waals surface area contributed by atoms with E-state index in [1.54, 1.807) is 12.1 Å². The molecule has 8 heteroatoms. The van der Waals surface area contributed by atoms with Gasteiger partial charge in [-0.3, -0.25) is 4.79 Å². The molecule has 0 saturated carbocycles. The van der Waals surface area contributed by atoms with Crippen LogP contribution in [0.5, 0.6) is 0 Å². The number of carbonyl (C=O) groups excluding carboxylic acids is 1. The summed E-state index contributed by atoms with van der Waals surface area (Å²) < 4.78 is 13.3. The molecule has 0 spiro atoms. The number of aromatic nitrogens is 4. The third-order valence-corrected chi connectivity index (χ3v) is 3.58. The monoisotopic (exact) mass is 345 g/mol. The molecular weight excluding hydrogens is 333 g/mol. The molecule has 0 aliphatic rings. The van der Waals surface area contributed by atoms with Crippen LogP contribution in [0, 0.1) is 5.82 Å². The van der Waals surface area contributed by atoms with E-state index in [2.05, 4.69) is 25.9 Å². The highest BCUT2D eigenvalue weighted by Gasteiger charge is 2.09. The summed E-state index contributed by atoms with van der Waals surface area (Å²) in [4.78, 5) is 12.1. The Morgan fingerprint density at radius 3 is 2.62 bits per heavy atom. The van der Waals surface area contributed by atoms with Crippen molar-refractivity contribution in [3.05, 3.63) is 70.3 Å². The lowest BCUT2D eigenvalue weighted by atomic mass is 10.1. The van der Waals surface area contributed by atoms with E-state index >= 15 is 0 Å². The highest BCUT2D eigenvalue weighted by atomic mass is 35.5. The van der Waals surface area contributed by atoms with Gasteiger partial charge < -0.3 is 5.32 Å². The molecule has 0 unspecified atom stereocenters. The Morgan fingerprint density at radius 1 is 1.17 bits per heavy atom. The van der Waals surface area contributed by atoms with Crippen LogP contribution in [0.3, 0.4) is 0 Å². The summed E-state index contributed by atoms with van der Waals surface area (Å²) in [5.74, 6) is -0.323. The van der Waals surface area contributed by atoms with E-state index < -0.39 is 11.7 Å². The molecule has 1 aromatic heterocycles. The predicted octanol–water partition coefficient (Wildman–Crippen LogP) is 3.03. The van der Waals surface area contributed by atoms with Crippen molar-refractivity contribution in [1.82, 2.24) is 20.6 Å². The van der Waals surface area contributed by atoms with Gasteiger partial charge in [-0.15, -0.1) is 10.2 Å². The molecule has 24 heavy (non-hydrogen) atoms. The van der Waals surface area contributed by atoms with E-state index in [0.29, 0.717) is 17.9 Å². The molecular formula is C16H13ClFN5O. The second-order valence-electron chi connectivity index (χ2n) is 5.14. The largest absolute Gasteiger partial charge is 0.322 e. The Bertz CT molecular complexity index is 816. The summed E-state index contributed by atoms with van der Waals surface area (Å²) in [5.41, 5.74) is 1.86. The minimum atomic E-state index is -0.551. The SMILES string of the molecule is O=C(Nc1ccc(CCc2nn[nH]n2)cc1)c1cc(F)cc(Cl)c1. The molecule has 0 saturated heterocycles. The Kier molecular flexibility index (Phi) is 4.81. The lowest BCUT2D eigenvalue weighted by molar-refractivity contribution is 0.102. The van der Waals surface area contributed by atoms with Crippen LogP contribution in [0.4, 0.5) is 10.1 Å². The van der Waals surface area contributed by atoms with Crippen molar-refractivity contribution in [2.24, 2.45) is 0 Å². The first-order chi connectivity index (χ1) is 11.6. The summed E-state index contributed by atoms with van der Waals surface area (Å²) in [6, 6.07) is 11.1. The van der Waals surface area contributed by atoms with E-state index in [0.717, 1.165) is 24.1 Å². The molecule has 0 fully saturated rings. The van der Waals surface area contributed by atoms with Gasteiger partial charge in [-0.2, -0.15) is 5.21 Å². The second kappa shape index (κ2) is 7.18. The van der Waals surface area contributed by atoms with E-state index in [1.807, 2.05) is 12.1 Å². The number of rotatable bonds is 5. The van der Waals surface area contributed by atoms with Crippen LogP contribution in [0.15, 0.2) is 42.5 Å². The van der Waals surface area contributed by atoms with Gasteiger partial charge in [0, 0.05) is 22.7 Å². The standard InChI is InChI=1S/C16H13ClFN5O/c17-12-7-11(8-13(18)9-12)16(24)19-14-4-1-10(2-5-14)3-6-15-20-22-23-21-15/h1-2,4-5,7-9H,3,6H2,(H,19,24)(H,20,21,22,23). The van der Waals surface area contributed by atoms with Gasteiger partial charge in [0.1, 0.15) is 5.82 Å². The molecule has 6 nitrogen and oxygen atoms in total. The molecule has 3 rings (SSSR count). The molecule has 0 radical (unpaired) electrons. The quantitative estimate of drug-likeness (QED) is 0.744. The fourth-order valence-electron chi connectivity index (χ4n) is 2.19. The Morgan fingerprint density at radius 2 is 1.96 bits per heavy atom. The van der Waals surface area contributed by atoms with Gasteiger partial charge in [-0.1, -0.05) is 28.9 Å². The number of benzene rings is 2. The van der Waals surface area contributed by atoms with Crippen LogP contribution >= 0.6 is 11.6 Å². The van der Waals surface area contributed by atoms with Crippen LogP contribution in [-0.2, 0) is 12.8 Å². The van der Waals surface area contributed by atoms with Gasteiger partial charge in [0.2, 0.25) is 0 Å². The van der Waals surface area contributed by atoms with Gasteiger partial charge in [0.05, 0.1) is 0 Å². The molecule has 1 amide bonds. The number of halogens is 2. The van der Waals surface area contributed by atoms with Crippen LogP contribution < -0.4 is 5.32 Å². The number of hydrogen-bond acceptors (Lipinski definition) is 4. The maximum atomic E-state index is 13.3. The van der Waals surface area contributed by atoms with Crippen molar-refractivity contribution >= 4 is 23.2 Å². The zero-order valence-electron chi connectivity index (χ0n) is 12.5. The molecule has 0 aliphatic heterocycles. The molecule has 1 heterocycles. The van der Waals surface area contributed by atoms with E-state index in [1.165, 1.54) is 6.07 Å². The number of aryl methyl sites for hydroxylation is 2. The van der Waals surface area contributed by atoms with Crippen LogP contribution in [-0.4, -0.2) is 26.5 Å². The van der Waals surface area contributed by atoms with E-state index in [-0.39, 0.29) is 10.6 Å². The maximum absolute atomic E-state index is 13.3. The van der Waals surface area contributed by atoms with Crippen molar-refractivity contribution in [1.29, 1.82) is 0 Å². The Balaban J connectivity index is 1.62. The molecule has 0 atom stereocenters. The minimum Gasteiger partial charge on any atom is -0.322 e. The first kappa shape index (κ1) is 16.1. The zero-order chi connectivity index (χ0) is 16.9. The zero-order valence-corrected chi connectivity index (χ0v) is 13.2. The third kappa shape index (κ3) is 4.14. The predicted molar refractivity (Wildman–Crippen MR) is 87.4 cm³/mol. The number of nitrogens with zero attached hydrogens (tertiary/aromatic N) is 3. The van der Waals surface area contributed by atoms with Gasteiger partial charge in [-0.05, 0) is 42.3 Å². The molecule has 2 aromatic carbocycles. The highest BCUT2D eigenvalue weighted by molar-refractivity contribution is 6.31. The molecule has 2 N–H and O–H groups in total. The molecule has 0 aliphatic carbocycles. The van der Waals surface area contributed by atoms with Crippen molar-refractivity contribution in [3.63, 3.8) is 0 Å². The smallest absolute Gasteiger partial charge is 0.255 e. The van der Waals surface area contributed by atoms with E-state index in [4.69, 9.17) is 11.6 Å². The number of tetrazole rings is 1. The summed E-state index contributed by atoms with van der Waals surface area (Å²) in [7, 11) is 0. The first-order valence-corrected chi connectivity index (χ1v) is 7.57. The number of H-pyrrole nitrogens is 1. The van der Waals surface area contributed by atoms with Gasteiger partial charge in [-0.25, -0.2) is 4.39 Å². The van der Waals surface area contributed by atoms with Crippen molar-refractivity contribution in [2.75, 3.05) is 5.32 Å². The van der Waals surface area contributed by atoms with Gasteiger partial charge in [0.25, 0.3) is 5.91 Å². The van der Waals surface area contributed by atoms with Crippen molar-refractivity contribution in [2.45, 2.75) is 12.8 Å². The molecule has 3 aromatic rings. The van der Waals surface area contributed by atoms with Gasteiger partial charge >= 0.3 is 0 Å². The van der Waals surface area contributed by atoms with E-state index in [9.17, 15) is 9.18 Å². The summed E-state index contributed by atoms with van der Waals surface area (Å²) in [6.07, 6.45) is 1.43.